The lowest BCUT2D eigenvalue weighted by atomic mass is 9.81. The van der Waals surface area contributed by atoms with E-state index in [4.69, 9.17) is 10.5 Å². The fraction of sp³-hybridized carbons (Fsp3) is 0.571. The highest BCUT2D eigenvalue weighted by atomic mass is 32.1. The van der Waals surface area contributed by atoms with E-state index < -0.39 is 47.9 Å². The van der Waals surface area contributed by atoms with E-state index in [2.05, 4.69) is 20.3 Å². The van der Waals surface area contributed by atoms with Gasteiger partial charge in [-0.05, 0) is 50.0 Å². The van der Waals surface area contributed by atoms with Crippen LogP contribution in [0.2, 0.25) is 0 Å². The van der Waals surface area contributed by atoms with Crippen LogP contribution in [0.25, 0.3) is 0 Å². The zero-order chi connectivity index (χ0) is 25.5. The molecular formula is C21H30F3N5O4S. The molecule has 0 saturated heterocycles. The molecule has 6 N–H and O–H groups in total. The van der Waals surface area contributed by atoms with Crippen molar-refractivity contribution in [1.29, 1.82) is 0 Å². The number of anilines is 1. The number of amides is 3. The molecule has 0 spiro atoms. The van der Waals surface area contributed by atoms with Crippen LogP contribution >= 0.6 is 11.5 Å². The van der Waals surface area contributed by atoms with Gasteiger partial charge in [0.15, 0.2) is 6.17 Å². The van der Waals surface area contributed by atoms with Crippen LogP contribution in [0.15, 0.2) is 23.8 Å². The van der Waals surface area contributed by atoms with Crippen molar-refractivity contribution in [2.24, 2.45) is 11.1 Å². The van der Waals surface area contributed by atoms with Gasteiger partial charge >= 0.3 is 6.03 Å². The Labute approximate surface area is 199 Å². The monoisotopic (exact) mass is 505 g/mol. The van der Waals surface area contributed by atoms with Gasteiger partial charge in [0.25, 0.3) is 5.91 Å². The molecule has 1 aliphatic carbocycles. The lowest BCUT2D eigenvalue weighted by Gasteiger charge is -2.32. The standard InChI is InChI=1S/C21H30F3N5O4S/c1-11(2)26-8-6-12(30)7-9-27-20(32)28-19-15(17(25)31)18(29-34-19)33-10-21(3)14(23)5-4-13(22)16(21)24/h4-5,11-12,16,26,30H,6-10H2,1-3H3,(H2,25,31)(H2,27,28,32). The van der Waals surface area contributed by atoms with Crippen LogP contribution in [0.1, 0.15) is 44.0 Å². The number of halogens is 3. The lowest BCUT2D eigenvalue weighted by Crippen LogP contribution is -2.38. The number of nitrogens with zero attached hydrogens (tertiary/aromatic N) is 1. The summed E-state index contributed by atoms with van der Waals surface area (Å²) in [6.07, 6.45) is -0.544. The zero-order valence-electron chi connectivity index (χ0n) is 19.2. The summed E-state index contributed by atoms with van der Waals surface area (Å²) in [6.45, 7) is 5.26. The van der Waals surface area contributed by atoms with Crippen LogP contribution in [-0.4, -0.2) is 59.4 Å². The van der Waals surface area contributed by atoms with Crippen molar-refractivity contribution in [2.45, 2.75) is 51.9 Å². The van der Waals surface area contributed by atoms with Gasteiger partial charge in [-0.1, -0.05) is 13.8 Å². The van der Waals surface area contributed by atoms with Crippen molar-refractivity contribution in [1.82, 2.24) is 15.0 Å². The number of ether oxygens (including phenoxy) is 1. The second-order valence-electron chi connectivity index (χ2n) is 8.41. The number of hydrogen-bond donors (Lipinski definition) is 5. The highest BCUT2D eigenvalue weighted by Crippen LogP contribution is 2.42. The number of allylic oxidation sites excluding steroid dienone is 3. The summed E-state index contributed by atoms with van der Waals surface area (Å²) >= 11 is 0.681. The van der Waals surface area contributed by atoms with Crippen LogP contribution < -0.4 is 26.4 Å². The Morgan fingerprint density at radius 1 is 1.29 bits per heavy atom. The summed E-state index contributed by atoms with van der Waals surface area (Å²) in [5, 5.41) is 18.1. The number of carbonyl (C=O) groups is 2. The molecule has 0 bridgehead atoms. The minimum Gasteiger partial charge on any atom is -0.475 e. The largest absolute Gasteiger partial charge is 0.475 e. The minimum atomic E-state index is -2.28. The molecule has 0 saturated carbocycles. The number of aliphatic hydroxyl groups excluding tert-OH is 1. The molecule has 1 heterocycles. The second-order valence-corrected chi connectivity index (χ2v) is 9.19. The first-order valence-corrected chi connectivity index (χ1v) is 11.5. The molecule has 0 aliphatic heterocycles. The minimum absolute atomic E-state index is 0.0330. The molecule has 3 amide bonds. The van der Waals surface area contributed by atoms with Crippen molar-refractivity contribution in [3.63, 3.8) is 0 Å². The number of aliphatic hydroxyl groups is 1. The number of urea groups is 1. The Hall–Kier alpha value is -2.64. The molecule has 9 nitrogen and oxygen atoms in total. The van der Waals surface area contributed by atoms with Gasteiger partial charge in [0, 0.05) is 12.6 Å². The van der Waals surface area contributed by atoms with Crippen LogP contribution in [0.5, 0.6) is 5.88 Å². The van der Waals surface area contributed by atoms with E-state index >= 15 is 0 Å². The van der Waals surface area contributed by atoms with E-state index in [9.17, 15) is 27.9 Å². The molecule has 13 heteroatoms. The number of hydrogen-bond acceptors (Lipinski definition) is 7. The Balaban J connectivity index is 1.94. The fourth-order valence-corrected chi connectivity index (χ4v) is 3.81. The van der Waals surface area contributed by atoms with Gasteiger partial charge in [-0.25, -0.2) is 18.0 Å². The van der Waals surface area contributed by atoms with Gasteiger partial charge in [-0.2, -0.15) is 4.37 Å². The third-order valence-corrected chi connectivity index (χ3v) is 5.92. The SMILES string of the molecule is CC(C)NCCC(O)CCNC(=O)Nc1snc(OCC2(C)C(F)=CC=C(F)C2F)c1C(N)=O. The number of carbonyl (C=O) groups excluding carboxylic acids is 2. The average molecular weight is 506 g/mol. The molecule has 1 aromatic heterocycles. The molecule has 3 unspecified atom stereocenters. The predicted molar refractivity (Wildman–Crippen MR) is 123 cm³/mol. The van der Waals surface area contributed by atoms with Gasteiger partial charge in [-0.3, -0.25) is 10.1 Å². The Bertz CT molecular complexity index is 940. The van der Waals surface area contributed by atoms with E-state index in [-0.39, 0.29) is 23.0 Å². The summed E-state index contributed by atoms with van der Waals surface area (Å²) in [4.78, 5) is 24.1. The highest BCUT2D eigenvalue weighted by Gasteiger charge is 2.45. The molecule has 0 aromatic carbocycles. The molecule has 0 radical (unpaired) electrons. The van der Waals surface area contributed by atoms with Gasteiger partial charge in [0.2, 0.25) is 5.88 Å². The van der Waals surface area contributed by atoms with Crippen LogP contribution in [0.3, 0.4) is 0 Å². The zero-order valence-corrected chi connectivity index (χ0v) is 20.0. The third-order valence-electron chi connectivity index (χ3n) is 5.17. The van der Waals surface area contributed by atoms with E-state index in [1.165, 1.54) is 0 Å². The molecule has 3 atom stereocenters. The Morgan fingerprint density at radius 2 is 1.97 bits per heavy atom. The summed E-state index contributed by atoms with van der Waals surface area (Å²) < 4.78 is 51.4. The quantitative estimate of drug-likeness (QED) is 0.296. The maximum Gasteiger partial charge on any atom is 0.319 e. The molecule has 1 aliphatic rings. The van der Waals surface area contributed by atoms with Crippen molar-refractivity contribution in [3.8, 4) is 5.88 Å². The predicted octanol–water partition coefficient (Wildman–Crippen LogP) is 2.95. The Morgan fingerprint density at radius 3 is 2.62 bits per heavy atom. The molecule has 1 aromatic rings. The fourth-order valence-electron chi connectivity index (χ4n) is 3.07. The lowest BCUT2D eigenvalue weighted by molar-refractivity contribution is 0.0753. The average Bonchev–Trinajstić information content (AvgIpc) is 3.16. The maximum atomic E-state index is 14.3. The topological polar surface area (TPSA) is 139 Å². The highest BCUT2D eigenvalue weighted by molar-refractivity contribution is 7.11. The van der Waals surface area contributed by atoms with Gasteiger partial charge in [0.05, 0.1) is 11.5 Å². The van der Waals surface area contributed by atoms with Gasteiger partial charge in [-0.15, -0.1) is 0 Å². The summed E-state index contributed by atoms with van der Waals surface area (Å²) in [6, 6.07) is -0.365. The molecule has 0 fully saturated rings. The van der Waals surface area contributed by atoms with E-state index in [1.807, 2.05) is 13.8 Å². The van der Waals surface area contributed by atoms with Crippen LogP contribution in [0, 0.1) is 5.41 Å². The Kier molecular flexibility index (Phi) is 9.89. The summed E-state index contributed by atoms with van der Waals surface area (Å²) in [7, 11) is 0. The van der Waals surface area contributed by atoms with Gasteiger partial charge in [0.1, 0.15) is 28.8 Å². The van der Waals surface area contributed by atoms with Crippen LogP contribution in [-0.2, 0) is 0 Å². The van der Waals surface area contributed by atoms with Crippen molar-refractivity contribution >= 4 is 28.5 Å². The normalized spacial score (nSPS) is 21.0. The van der Waals surface area contributed by atoms with E-state index in [0.717, 1.165) is 13.0 Å². The number of nitrogens with two attached hydrogens (primary N) is 1. The summed E-state index contributed by atoms with van der Waals surface area (Å²) in [5.41, 5.74) is 3.12. The third kappa shape index (κ3) is 7.18. The van der Waals surface area contributed by atoms with Crippen molar-refractivity contribution < 1.29 is 32.6 Å². The molecule has 2 rings (SSSR count). The second kappa shape index (κ2) is 12.2. The molecular weight excluding hydrogens is 475 g/mol. The smallest absolute Gasteiger partial charge is 0.319 e. The first kappa shape index (κ1) is 27.6. The number of primary amides is 1. The van der Waals surface area contributed by atoms with E-state index in [1.54, 1.807) is 0 Å². The first-order chi connectivity index (χ1) is 16.0. The number of alkyl halides is 1. The van der Waals surface area contributed by atoms with Gasteiger partial charge < -0.3 is 26.2 Å². The first-order valence-electron chi connectivity index (χ1n) is 10.7. The van der Waals surface area contributed by atoms with E-state index in [0.29, 0.717) is 43.0 Å². The molecule has 34 heavy (non-hydrogen) atoms. The molecule has 190 valence electrons. The van der Waals surface area contributed by atoms with Crippen molar-refractivity contribution in [2.75, 3.05) is 25.0 Å². The summed E-state index contributed by atoms with van der Waals surface area (Å²) in [5.74, 6) is -3.41. The maximum absolute atomic E-state index is 14.3. The number of nitrogens with one attached hydrogen (secondary N) is 3. The number of aromatic nitrogens is 1. The number of rotatable bonds is 12. The van der Waals surface area contributed by atoms with Crippen LogP contribution in [0.4, 0.5) is 23.0 Å². The van der Waals surface area contributed by atoms with Crippen molar-refractivity contribution in [3.05, 3.63) is 29.4 Å².